The van der Waals surface area contributed by atoms with E-state index in [2.05, 4.69) is 20.2 Å². The lowest BCUT2D eigenvalue weighted by Crippen LogP contribution is -2.32. The maximum atomic E-state index is 14.2. The molecule has 2 aromatic rings. The zero-order valence-corrected chi connectivity index (χ0v) is 15.3. The van der Waals surface area contributed by atoms with Crippen LogP contribution in [0.1, 0.15) is 24.0 Å². The van der Waals surface area contributed by atoms with Gasteiger partial charge in [0, 0.05) is 31.3 Å². The highest BCUT2D eigenvalue weighted by Crippen LogP contribution is 2.24. The van der Waals surface area contributed by atoms with E-state index in [0.717, 1.165) is 30.8 Å². The van der Waals surface area contributed by atoms with Crippen LogP contribution in [0.25, 0.3) is 0 Å². The number of hydrogen-bond acceptors (Lipinski definition) is 6. The summed E-state index contributed by atoms with van der Waals surface area (Å²) in [6.07, 6.45) is 3.55. The predicted molar refractivity (Wildman–Crippen MR) is 101 cm³/mol. The van der Waals surface area contributed by atoms with Gasteiger partial charge in [0.1, 0.15) is 23.8 Å². The number of aliphatic hydroxyl groups is 1. The molecule has 7 heteroatoms. The Morgan fingerprint density at radius 3 is 2.88 bits per heavy atom. The molecule has 0 spiro atoms. The fourth-order valence-electron chi connectivity index (χ4n) is 3.29. The molecule has 1 aliphatic heterocycles. The molecule has 3 rings (SSSR count). The van der Waals surface area contributed by atoms with Crippen LogP contribution in [0.4, 0.5) is 16.0 Å². The predicted octanol–water partition coefficient (Wildman–Crippen LogP) is 2.25. The molecule has 1 fully saturated rings. The van der Waals surface area contributed by atoms with Gasteiger partial charge in [-0.25, -0.2) is 14.4 Å². The second kappa shape index (κ2) is 8.42. The average Bonchev–Trinajstić information content (AvgIpc) is 3.11. The number of rotatable bonds is 7. The van der Waals surface area contributed by atoms with Crippen LogP contribution in [0.2, 0.25) is 0 Å². The lowest BCUT2D eigenvalue weighted by Gasteiger charge is -2.24. The number of halogens is 1. The molecule has 0 amide bonds. The van der Waals surface area contributed by atoms with Crippen LogP contribution < -0.4 is 10.2 Å². The molecule has 0 aliphatic carbocycles. The number of anilines is 2. The Kier molecular flexibility index (Phi) is 6.00. The zero-order chi connectivity index (χ0) is 18.5. The summed E-state index contributed by atoms with van der Waals surface area (Å²) in [7, 11) is 3.84. The largest absolute Gasteiger partial charge is 0.394 e. The smallest absolute Gasteiger partial charge is 0.134 e. The van der Waals surface area contributed by atoms with E-state index in [4.69, 9.17) is 0 Å². The minimum atomic E-state index is -0.191. The fraction of sp³-hybridized carbons (Fsp3) is 0.474. The average molecular weight is 359 g/mol. The Morgan fingerprint density at radius 1 is 1.31 bits per heavy atom. The SMILES string of the molecule is CN(C)Cc1ccc(CNc2cc(N3CCCC3CO)ncn2)cc1F. The van der Waals surface area contributed by atoms with Crippen molar-refractivity contribution in [3.63, 3.8) is 0 Å². The fourth-order valence-corrected chi connectivity index (χ4v) is 3.29. The maximum absolute atomic E-state index is 14.2. The number of aliphatic hydroxyl groups excluding tert-OH is 1. The Bertz CT molecular complexity index is 740. The molecule has 1 aromatic carbocycles. The minimum absolute atomic E-state index is 0.121. The molecule has 26 heavy (non-hydrogen) atoms. The van der Waals surface area contributed by atoms with Gasteiger partial charge in [0.05, 0.1) is 12.6 Å². The number of nitrogens with one attached hydrogen (secondary N) is 1. The zero-order valence-electron chi connectivity index (χ0n) is 15.3. The van der Waals surface area contributed by atoms with Crippen molar-refractivity contribution < 1.29 is 9.50 Å². The molecule has 140 valence electrons. The Balaban J connectivity index is 1.65. The molecule has 2 N–H and O–H groups in total. The third-order valence-electron chi connectivity index (χ3n) is 4.61. The Morgan fingerprint density at radius 2 is 2.15 bits per heavy atom. The molecular weight excluding hydrogens is 333 g/mol. The lowest BCUT2D eigenvalue weighted by atomic mass is 10.1. The van der Waals surface area contributed by atoms with Crippen molar-refractivity contribution in [2.45, 2.75) is 32.0 Å². The molecule has 2 heterocycles. The van der Waals surface area contributed by atoms with E-state index in [9.17, 15) is 9.50 Å². The van der Waals surface area contributed by atoms with Crippen molar-refractivity contribution >= 4 is 11.6 Å². The van der Waals surface area contributed by atoms with E-state index < -0.39 is 0 Å². The highest BCUT2D eigenvalue weighted by Gasteiger charge is 2.25. The first-order valence-corrected chi connectivity index (χ1v) is 8.92. The van der Waals surface area contributed by atoms with Crippen LogP contribution in [-0.2, 0) is 13.1 Å². The van der Waals surface area contributed by atoms with E-state index in [1.54, 1.807) is 6.07 Å². The quantitative estimate of drug-likeness (QED) is 0.791. The first kappa shape index (κ1) is 18.5. The van der Waals surface area contributed by atoms with E-state index >= 15 is 0 Å². The van der Waals surface area contributed by atoms with Crippen molar-refractivity contribution in [1.82, 2.24) is 14.9 Å². The molecule has 1 atom stereocenters. The van der Waals surface area contributed by atoms with Crippen molar-refractivity contribution in [3.05, 3.63) is 47.5 Å². The Hall–Kier alpha value is -2.25. The molecule has 6 nitrogen and oxygen atoms in total. The molecular formula is C19H26FN5O. The van der Waals surface area contributed by atoms with Gasteiger partial charge in [-0.15, -0.1) is 0 Å². The van der Waals surface area contributed by atoms with Gasteiger partial charge >= 0.3 is 0 Å². The van der Waals surface area contributed by atoms with Gasteiger partial charge in [-0.1, -0.05) is 12.1 Å². The van der Waals surface area contributed by atoms with Crippen LogP contribution in [-0.4, -0.2) is 53.3 Å². The molecule has 1 unspecified atom stereocenters. The normalized spacial score (nSPS) is 17.1. The molecule has 1 aromatic heterocycles. The van der Waals surface area contributed by atoms with E-state index in [1.807, 2.05) is 37.2 Å². The van der Waals surface area contributed by atoms with Crippen molar-refractivity contribution in [2.75, 3.05) is 37.5 Å². The maximum Gasteiger partial charge on any atom is 0.134 e. The van der Waals surface area contributed by atoms with Gasteiger partial charge in [-0.3, -0.25) is 0 Å². The number of nitrogens with zero attached hydrogens (tertiary/aromatic N) is 4. The molecule has 1 aliphatic rings. The van der Waals surface area contributed by atoms with Gasteiger partial charge in [0.15, 0.2) is 0 Å². The van der Waals surface area contributed by atoms with Crippen LogP contribution in [0.5, 0.6) is 0 Å². The van der Waals surface area contributed by atoms with Gasteiger partial charge < -0.3 is 20.2 Å². The van der Waals surface area contributed by atoms with Crippen LogP contribution in [0.3, 0.4) is 0 Å². The summed E-state index contributed by atoms with van der Waals surface area (Å²) in [5.74, 6) is 1.31. The third-order valence-corrected chi connectivity index (χ3v) is 4.61. The van der Waals surface area contributed by atoms with Gasteiger partial charge in [-0.2, -0.15) is 0 Å². The van der Waals surface area contributed by atoms with Gasteiger partial charge in [0.2, 0.25) is 0 Å². The summed E-state index contributed by atoms with van der Waals surface area (Å²) >= 11 is 0. The number of aromatic nitrogens is 2. The summed E-state index contributed by atoms with van der Waals surface area (Å²) in [5.41, 5.74) is 1.55. The summed E-state index contributed by atoms with van der Waals surface area (Å²) in [6.45, 7) is 2.08. The molecule has 0 radical (unpaired) electrons. The van der Waals surface area contributed by atoms with Gasteiger partial charge in [-0.05, 0) is 38.6 Å². The van der Waals surface area contributed by atoms with Crippen molar-refractivity contribution in [1.29, 1.82) is 0 Å². The minimum Gasteiger partial charge on any atom is -0.394 e. The lowest BCUT2D eigenvalue weighted by molar-refractivity contribution is 0.266. The summed E-state index contributed by atoms with van der Waals surface area (Å²) in [4.78, 5) is 12.6. The van der Waals surface area contributed by atoms with Crippen LogP contribution in [0.15, 0.2) is 30.6 Å². The topological polar surface area (TPSA) is 64.5 Å². The van der Waals surface area contributed by atoms with Crippen LogP contribution in [0, 0.1) is 5.82 Å². The van der Waals surface area contributed by atoms with E-state index in [1.165, 1.54) is 6.33 Å². The second-order valence-electron chi connectivity index (χ2n) is 6.95. The molecule has 0 saturated carbocycles. The second-order valence-corrected chi connectivity index (χ2v) is 6.95. The van der Waals surface area contributed by atoms with Crippen molar-refractivity contribution in [2.24, 2.45) is 0 Å². The summed E-state index contributed by atoms with van der Waals surface area (Å²) < 4.78 is 14.2. The molecule has 0 bridgehead atoms. The monoisotopic (exact) mass is 359 g/mol. The number of benzene rings is 1. The Labute approximate surface area is 153 Å². The standard InChI is InChI=1S/C19H26FN5O/c1-24(2)11-15-6-5-14(8-17(15)20)10-21-18-9-19(23-13-22-18)25-7-3-4-16(25)12-26/h5-6,8-9,13,16,26H,3-4,7,10-12H2,1-2H3,(H,21,22,23). The highest BCUT2D eigenvalue weighted by molar-refractivity contribution is 5.50. The molecule has 1 saturated heterocycles. The highest BCUT2D eigenvalue weighted by atomic mass is 19.1. The van der Waals surface area contributed by atoms with Gasteiger partial charge in [0.25, 0.3) is 0 Å². The summed E-state index contributed by atoms with van der Waals surface area (Å²) in [6, 6.07) is 7.32. The van der Waals surface area contributed by atoms with Crippen molar-refractivity contribution in [3.8, 4) is 0 Å². The van der Waals surface area contributed by atoms with Crippen LogP contribution >= 0.6 is 0 Å². The van der Waals surface area contributed by atoms with E-state index in [0.29, 0.717) is 24.5 Å². The van der Waals surface area contributed by atoms with E-state index in [-0.39, 0.29) is 18.5 Å². The third kappa shape index (κ3) is 4.47. The number of hydrogen-bond donors (Lipinski definition) is 2. The first-order chi connectivity index (χ1) is 12.6. The summed E-state index contributed by atoms with van der Waals surface area (Å²) in [5, 5.41) is 12.7. The first-order valence-electron chi connectivity index (χ1n) is 8.92.